The van der Waals surface area contributed by atoms with Gasteiger partial charge < -0.3 is 18.9 Å². The van der Waals surface area contributed by atoms with Gasteiger partial charge in [-0.3, -0.25) is 14.4 Å². The van der Waals surface area contributed by atoms with Crippen molar-refractivity contribution in [2.24, 2.45) is 0 Å². The molecule has 4 rings (SSSR count). The highest BCUT2D eigenvalue weighted by molar-refractivity contribution is 6.27. The number of fused-ring (bicyclic) bond motifs is 1. The van der Waals surface area contributed by atoms with Crippen LogP contribution in [0.15, 0.2) is 47.7 Å². The molecule has 0 amide bonds. The van der Waals surface area contributed by atoms with E-state index < -0.39 is 17.7 Å². The fourth-order valence-electron chi connectivity index (χ4n) is 3.80. The monoisotopic (exact) mass is 394 g/mol. The Bertz CT molecular complexity index is 1060. The zero-order chi connectivity index (χ0) is 20.7. The summed E-state index contributed by atoms with van der Waals surface area (Å²) < 4.78 is 21.3. The average molecular weight is 394 g/mol. The Kier molecular flexibility index (Phi) is 4.58. The molecule has 1 unspecified atom stereocenters. The van der Waals surface area contributed by atoms with Crippen molar-refractivity contribution in [3.8, 4) is 17.2 Å². The zero-order valence-electron chi connectivity index (χ0n) is 16.1. The van der Waals surface area contributed by atoms with E-state index in [0.717, 1.165) is 0 Å². The summed E-state index contributed by atoms with van der Waals surface area (Å²) in [6, 6.07) is 9.86. The number of esters is 1. The molecule has 0 saturated carbocycles. The van der Waals surface area contributed by atoms with Gasteiger partial charge in [-0.25, -0.2) is 0 Å². The molecule has 0 N–H and O–H groups in total. The quantitative estimate of drug-likeness (QED) is 0.737. The topological polar surface area (TPSA) is 88.1 Å². The summed E-state index contributed by atoms with van der Waals surface area (Å²) in [5.41, 5.74) is 1.29. The minimum Gasteiger partial charge on any atom is -0.493 e. The molecule has 7 heteroatoms. The molecule has 2 aliphatic rings. The van der Waals surface area contributed by atoms with Gasteiger partial charge in [-0.2, -0.15) is 0 Å². The van der Waals surface area contributed by atoms with E-state index in [1.165, 1.54) is 21.3 Å². The fraction of sp³-hybridized carbons (Fsp3) is 0.227. The summed E-state index contributed by atoms with van der Waals surface area (Å²) in [7, 11) is 4.44. The maximum absolute atomic E-state index is 13.2. The number of hydrogen-bond acceptors (Lipinski definition) is 7. The Morgan fingerprint density at radius 1 is 0.862 bits per heavy atom. The van der Waals surface area contributed by atoms with Crippen molar-refractivity contribution in [1.29, 1.82) is 0 Å². The number of hydrogen-bond donors (Lipinski definition) is 0. The smallest absolute Gasteiger partial charge is 0.312 e. The van der Waals surface area contributed by atoms with E-state index in [-0.39, 0.29) is 29.1 Å². The van der Waals surface area contributed by atoms with Crippen molar-refractivity contribution in [1.82, 2.24) is 0 Å². The highest BCUT2D eigenvalue weighted by Gasteiger charge is 2.43. The molecular formula is C22H18O7. The van der Waals surface area contributed by atoms with Crippen molar-refractivity contribution in [3.63, 3.8) is 0 Å². The molecule has 1 aliphatic carbocycles. The van der Waals surface area contributed by atoms with Crippen LogP contribution < -0.4 is 14.2 Å². The molecule has 148 valence electrons. The van der Waals surface area contributed by atoms with Gasteiger partial charge >= 0.3 is 5.97 Å². The molecule has 0 radical (unpaired) electrons. The number of carbonyl (C=O) groups excluding carboxylic acids is 3. The summed E-state index contributed by atoms with van der Waals surface area (Å²) in [5, 5.41) is 0. The third-order valence-corrected chi connectivity index (χ3v) is 5.14. The van der Waals surface area contributed by atoms with Crippen molar-refractivity contribution in [2.45, 2.75) is 12.3 Å². The Morgan fingerprint density at radius 2 is 1.45 bits per heavy atom. The molecule has 1 atom stereocenters. The molecule has 0 fully saturated rings. The molecule has 0 spiro atoms. The molecule has 0 saturated heterocycles. The van der Waals surface area contributed by atoms with E-state index in [9.17, 15) is 14.4 Å². The van der Waals surface area contributed by atoms with Gasteiger partial charge in [-0.15, -0.1) is 0 Å². The highest BCUT2D eigenvalue weighted by Crippen LogP contribution is 2.46. The first-order chi connectivity index (χ1) is 14.0. The lowest BCUT2D eigenvalue weighted by atomic mass is 9.77. The molecule has 1 heterocycles. The molecule has 0 aromatic heterocycles. The number of rotatable bonds is 4. The second-order valence-corrected chi connectivity index (χ2v) is 6.64. The van der Waals surface area contributed by atoms with E-state index in [4.69, 9.17) is 18.9 Å². The molecule has 0 bridgehead atoms. The molecular weight excluding hydrogens is 376 g/mol. The Hall–Kier alpha value is -3.61. The number of carbonyl (C=O) groups is 3. The van der Waals surface area contributed by atoms with Crippen molar-refractivity contribution in [2.75, 3.05) is 21.3 Å². The first-order valence-electron chi connectivity index (χ1n) is 8.93. The summed E-state index contributed by atoms with van der Waals surface area (Å²) in [6.45, 7) is 0. The molecule has 1 aliphatic heterocycles. The Balaban J connectivity index is 1.91. The summed E-state index contributed by atoms with van der Waals surface area (Å²) >= 11 is 0. The second-order valence-electron chi connectivity index (χ2n) is 6.64. The maximum atomic E-state index is 13.2. The third-order valence-electron chi connectivity index (χ3n) is 5.14. The number of methoxy groups -OCH3 is 3. The summed E-state index contributed by atoms with van der Waals surface area (Å²) in [5.74, 6) is -1.10. The van der Waals surface area contributed by atoms with E-state index in [1.807, 2.05) is 0 Å². The predicted molar refractivity (Wildman–Crippen MR) is 102 cm³/mol. The number of benzene rings is 2. The van der Waals surface area contributed by atoms with Crippen LogP contribution in [0.2, 0.25) is 0 Å². The Morgan fingerprint density at radius 3 is 2.00 bits per heavy atom. The number of Topliss-reactive ketones (excluding diaryl/α,β-unsaturated/α-hetero) is 2. The van der Waals surface area contributed by atoms with E-state index in [1.54, 1.807) is 36.4 Å². The normalized spacial score (nSPS) is 18.0. The van der Waals surface area contributed by atoms with Crippen LogP contribution in [-0.4, -0.2) is 38.9 Å². The number of ether oxygens (including phenoxy) is 4. The maximum Gasteiger partial charge on any atom is 0.312 e. The zero-order valence-corrected chi connectivity index (χ0v) is 16.1. The van der Waals surface area contributed by atoms with Crippen molar-refractivity contribution < 1.29 is 33.3 Å². The van der Waals surface area contributed by atoms with Gasteiger partial charge in [0.25, 0.3) is 0 Å². The minimum absolute atomic E-state index is 0.0847. The van der Waals surface area contributed by atoms with Crippen molar-refractivity contribution in [3.05, 3.63) is 64.4 Å². The fourth-order valence-corrected chi connectivity index (χ4v) is 3.80. The summed E-state index contributed by atoms with van der Waals surface area (Å²) in [4.78, 5) is 38.4. The lowest BCUT2D eigenvalue weighted by Gasteiger charge is -2.30. The van der Waals surface area contributed by atoms with Gasteiger partial charge in [0.15, 0.2) is 23.0 Å². The average Bonchev–Trinajstić information content (AvgIpc) is 2.75. The first-order valence-corrected chi connectivity index (χ1v) is 8.93. The molecule has 7 nitrogen and oxygen atoms in total. The lowest BCUT2D eigenvalue weighted by Crippen LogP contribution is -2.32. The van der Waals surface area contributed by atoms with Gasteiger partial charge in [-0.1, -0.05) is 24.3 Å². The van der Waals surface area contributed by atoms with Gasteiger partial charge in [0.05, 0.1) is 33.3 Å². The second kappa shape index (κ2) is 7.09. The van der Waals surface area contributed by atoms with Gasteiger partial charge in [0, 0.05) is 17.0 Å². The van der Waals surface area contributed by atoms with E-state index in [2.05, 4.69) is 0 Å². The van der Waals surface area contributed by atoms with Gasteiger partial charge in [0.2, 0.25) is 11.5 Å². The van der Waals surface area contributed by atoms with Crippen LogP contribution >= 0.6 is 0 Å². The lowest BCUT2D eigenvalue weighted by molar-refractivity contribution is -0.140. The van der Waals surface area contributed by atoms with Crippen LogP contribution in [0.3, 0.4) is 0 Å². The molecule has 2 aromatic rings. The van der Waals surface area contributed by atoms with Gasteiger partial charge in [0.1, 0.15) is 0 Å². The molecule has 29 heavy (non-hydrogen) atoms. The standard InChI is InChI=1S/C22H18O7/c1-26-15-8-11(9-16(27-2)21(15)28-3)14-10-17(23)29-22-18(14)19(24)12-6-4-5-7-13(12)20(22)25/h4-9,14H,10H2,1-3H3. The third kappa shape index (κ3) is 2.86. The van der Waals surface area contributed by atoms with E-state index >= 15 is 0 Å². The van der Waals surface area contributed by atoms with Gasteiger partial charge in [-0.05, 0) is 17.7 Å². The largest absolute Gasteiger partial charge is 0.493 e. The minimum atomic E-state index is -0.676. The number of ketones is 2. The predicted octanol–water partition coefficient (Wildman–Crippen LogP) is 3.08. The van der Waals surface area contributed by atoms with Crippen LogP contribution in [0.5, 0.6) is 17.2 Å². The number of allylic oxidation sites excluding steroid dienone is 2. The molecule has 2 aromatic carbocycles. The van der Waals surface area contributed by atoms with E-state index in [0.29, 0.717) is 28.4 Å². The van der Waals surface area contributed by atoms with Crippen LogP contribution in [0.25, 0.3) is 0 Å². The van der Waals surface area contributed by atoms with Crippen LogP contribution in [0, 0.1) is 0 Å². The Labute approximate surface area is 166 Å². The van der Waals surface area contributed by atoms with Crippen molar-refractivity contribution >= 4 is 17.5 Å². The van der Waals surface area contributed by atoms with Crippen LogP contribution in [-0.2, 0) is 9.53 Å². The summed E-state index contributed by atoms with van der Waals surface area (Å²) in [6.07, 6.45) is -0.0847. The van der Waals surface area contributed by atoms with Crippen LogP contribution in [0.1, 0.15) is 38.6 Å². The first kappa shape index (κ1) is 18.7. The SMILES string of the molecule is COc1cc(C2CC(=O)OC3=C2C(=O)c2ccccc2C3=O)cc(OC)c1OC. The highest BCUT2D eigenvalue weighted by atomic mass is 16.5. The van der Waals surface area contributed by atoms with Crippen LogP contribution in [0.4, 0.5) is 0 Å².